The van der Waals surface area contributed by atoms with Gasteiger partial charge in [-0.3, -0.25) is 4.79 Å². The number of benzene rings is 1. The van der Waals surface area contributed by atoms with E-state index in [1.165, 1.54) is 0 Å². The number of hydrogen-bond acceptors (Lipinski definition) is 3. The molecule has 0 aliphatic rings. The molecule has 1 unspecified atom stereocenters. The Balaban J connectivity index is 2.48. The van der Waals surface area contributed by atoms with E-state index in [0.717, 1.165) is 17.1 Å². The highest BCUT2D eigenvalue weighted by atomic mass is 32.2. The maximum Gasteiger partial charge on any atom is 0.248 e. The number of thioether (sulfide) groups is 1. The van der Waals surface area contributed by atoms with Crippen LogP contribution in [0.2, 0.25) is 0 Å². The summed E-state index contributed by atoms with van der Waals surface area (Å²) in [7, 11) is 0. The van der Waals surface area contributed by atoms with Crippen molar-refractivity contribution in [1.82, 2.24) is 0 Å². The van der Waals surface area contributed by atoms with E-state index < -0.39 is 0 Å². The van der Waals surface area contributed by atoms with Gasteiger partial charge in [-0.05, 0) is 35.9 Å². The molecule has 0 aliphatic heterocycles. The summed E-state index contributed by atoms with van der Waals surface area (Å²) < 4.78 is 0. The van der Waals surface area contributed by atoms with Crippen molar-refractivity contribution in [1.29, 1.82) is 0 Å². The van der Waals surface area contributed by atoms with Crippen LogP contribution in [-0.2, 0) is 5.75 Å². The van der Waals surface area contributed by atoms with Gasteiger partial charge in [0.2, 0.25) is 5.91 Å². The lowest BCUT2D eigenvalue weighted by atomic mass is 10.1. The molecule has 0 aromatic heterocycles. The molecular formula is C12H18N2OS. The zero-order valence-electron chi connectivity index (χ0n) is 9.48. The maximum absolute atomic E-state index is 11.0. The normalized spacial score (nSPS) is 12.4. The van der Waals surface area contributed by atoms with Crippen molar-refractivity contribution < 1.29 is 4.79 Å². The molecule has 4 heteroatoms. The van der Waals surface area contributed by atoms with Crippen molar-refractivity contribution >= 4 is 17.7 Å². The predicted molar refractivity (Wildman–Crippen MR) is 69.3 cm³/mol. The second-order valence-corrected chi connectivity index (χ2v) is 4.95. The summed E-state index contributed by atoms with van der Waals surface area (Å²) >= 11 is 1.83. The molecule has 1 rings (SSSR count). The minimum Gasteiger partial charge on any atom is -0.366 e. The lowest BCUT2D eigenvalue weighted by molar-refractivity contribution is 0.1000. The molecule has 0 heterocycles. The zero-order chi connectivity index (χ0) is 12.0. The van der Waals surface area contributed by atoms with Gasteiger partial charge in [-0.25, -0.2) is 0 Å². The number of hydrogen-bond donors (Lipinski definition) is 2. The third-order valence-electron chi connectivity index (χ3n) is 2.28. The van der Waals surface area contributed by atoms with Gasteiger partial charge in [-0.2, -0.15) is 11.8 Å². The number of primary amides is 1. The van der Waals surface area contributed by atoms with Crippen molar-refractivity contribution in [3.63, 3.8) is 0 Å². The maximum atomic E-state index is 11.0. The third-order valence-corrected chi connectivity index (χ3v) is 3.63. The summed E-state index contributed by atoms with van der Waals surface area (Å²) in [5.74, 6) is 2.09. The first-order valence-corrected chi connectivity index (χ1v) is 6.45. The van der Waals surface area contributed by atoms with Crippen molar-refractivity contribution in [2.24, 2.45) is 17.4 Å². The molecule has 0 radical (unpaired) electrons. The minimum absolute atomic E-state index is 0.373. The second-order valence-electron chi connectivity index (χ2n) is 3.92. The number of carbonyl (C=O) groups excluding carboxylic acids is 1. The SMILES string of the molecule is CC(CN)CSCc1cccc(C(N)=O)c1. The highest BCUT2D eigenvalue weighted by Gasteiger charge is 2.03. The fourth-order valence-corrected chi connectivity index (χ4v) is 2.33. The molecule has 0 aliphatic carbocycles. The van der Waals surface area contributed by atoms with E-state index in [1.54, 1.807) is 6.07 Å². The van der Waals surface area contributed by atoms with Gasteiger partial charge in [0.25, 0.3) is 0 Å². The van der Waals surface area contributed by atoms with Crippen LogP contribution in [-0.4, -0.2) is 18.2 Å². The van der Waals surface area contributed by atoms with E-state index >= 15 is 0 Å². The van der Waals surface area contributed by atoms with Gasteiger partial charge in [-0.1, -0.05) is 19.1 Å². The molecule has 1 atom stereocenters. The Bertz CT molecular complexity index is 355. The molecule has 1 amide bonds. The first-order chi connectivity index (χ1) is 7.63. The largest absolute Gasteiger partial charge is 0.366 e. The Morgan fingerprint density at radius 1 is 1.50 bits per heavy atom. The molecule has 0 bridgehead atoms. The zero-order valence-corrected chi connectivity index (χ0v) is 10.3. The van der Waals surface area contributed by atoms with Crippen LogP contribution >= 0.6 is 11.8 Å². The molecule has 3 nitrogen and oxygen atoms in total. The Hall–Kier alpha value is -1.00. The third kappa shape index (κ3) is 4.24. The van der Waals surface area contributed by atoms with Crippen LogP contribution in [0.15, 0.2) is 24.3 Å². The lowest BCUT2D eigenvalue weighted by Crippen LogP contribution is -2.13. The fraction of sp³-hybridized carbons (Fsp3) is 0.417. The van der Waals surface area contributed by atoms with E-state index in [2.05, 4.69) is 6.92 Å². The second kappa shape index (κ2) is 6.55. The molecule has 1 aromatic rings. The molecule has 88 valence electrons. The average molecular weight is 238 g/mol. The molecular weight excluding hydrogens is 220 g/mol. The quantitative estimate of drug-likeness (QED) is 0.791. The van der Waals surface area contributed by atoms with E-state index in [0.29, 0.717) is 18.0 Å². The molecule has 4 N–H and O–H groups in total. The summed E-state index contributed by atoms with van der Waals surface area (Å²) in [6.07, 6.45) is 0. The van der Waals surface area contributed by atoms with Gasteiger partial charge in [0, 0.05) is 11.3 Å². The van der Waals surface area contributed by atoms with Crippen LogP contribution in [0.5, 0.6) is 0 Å². The highest BCUT2D eigenvalue weighted by molar-refractivity contribution is 7.98. The van der Waals surface area contributed by atoms with Crippen LogP contribution in [0.3, 0.4) is 0 Å². The van der Waals surface area contributed by atoms with Gasteiger partial charge >= 0.3 is 0 Å². The summed E-state index contributed by atoms with van der Waals surface area (Å²) in [6, 6.07) is 7.45. The fourth-order valence-electron chi connectivity index (χ4n) is 1.26. The first kappa shape index (κ1) is 13.1. The summed E-state index contributed by atoms with van der Waals surface area (Å²) in [4.78, 5) is 11.0. The Kier molecular flexibility index (Phi) is 5.35. The van der Waals surface area contributed by atoms with Gasteiger partial charge in [0.15, 0.2) is 0 Å². The number of nitrogens with two attached hydrogens (primary N) is 2. The van der Waals surface area contributed by atoms with Crippen LogP contribution < -0.4 is 11.5 Å². The van der Waals surface area contributed by atoms with Crippen LogP contribution in [0.4, 0.5) is 0 Å². The number of carbonyl (C=O) groups is 1. The lowest BCUT2D eigenvalue weighted by Gasteiger charge is -2.08. The molecule has 0 saturated heterocycles. The summed E-state index contributed by atoms with van der Waals surface area (Å²) in [5, 5.41) is 0. The average Bonchev–Trinajstić information content (AvgIpc) is 2.29. The Labute approximate surface area is 101 Å². The van der Waals surface area contributed by atoms with Gasteiger partial charge in [0.05, 0.1) is 0 Å². The van der Waals surface area contributed by atoms with Gasteiger partial charge < -0.3 is 11.5 Å². The molecule has 16 heavy (non-hydrogen) atoms. The first-order valence-electron chi connectivity index (χ1n) is 5.30. The smallest absolute Gasteiger partial charge is 0.248 e. The Morgan fingerprint density at radius 2 is 2.25 bits per heavy atom. The van der Waals surface area contributed by atoms with E-state index in [1.807, 2.05) is 30.0 Å². The van der Waals surface area contributed by atoms with Crippen molar-refractivity contribution in [2.45, 2.75) is 12.7 Å². The summed E-state index contributed by atoms with van der Waals surface area (Å²) in [5.41, 5.74) is 12.5. The predicted octanol–water partition coefficient (Wildman–Crippen LogP) is 1.61. The van der Waals surface area contributed by atoms with Gasteiger partial charge in [-0.15, -0.1) is 0 Å². The number of rotatable bonds is 6. The standard InChI is InChI=1S/C12H18N2OS/c1-9(6-13)7-16-8-10-3-2-4-11(5-10)12(14)15/h2-5,9H,6-8,13H2,1H3,(H2,14,15). The summed E-state index contributed by atoms with van der Waals surface area (Å²) in [6.45, 7) is 2.85. The van der Waals surface area contributed by atoms with Crippen molar-refractivity contribution in [3.05, 3.63) is 35.4 Å². The van der Waals surface area contributed by atoms with E-state index in [4.69, 9.17) is 11.5 Å². The highest BCUT2D eigenvalue weighted by Crippen LogP contribution is 2.16. The minimum atomic E-state index is -0.373. The molecule has 1 aromatic carbocycles. The molecule has 0 saturated carbocycles. The monoisotopic (exact) mass is 238 g/mol. The van der Waals surface area contributed by atoms with Crippen LogP contribution in [0.1, 0.15) is 22.8 Å². The number of amides is 1. The van der Waals surface area contributed by atoms with Crippen LogP contribution in [0.25, 0.3) is 0 Å². The van der Waals surface area contributed by atoms with Gasteiger partial charge in [0.1, 0.15) is 0 Å². The van der Waals surface area contributed by atoms with Crippen molar-refractivity contribution in [3.8, 4) is 0 Å². The Morgan fingerprint density at radius 3 is 2.88 bits per heavy atom. The van der Waals surface area contributed by atoms with Crippen molar-refractivity contribution in [2.75, 3.05) is 12.3 Å². The van der Waals surface area contributed by atoms with E-state index in [9.17, 15) is 4.79 Å². The molecule has 0 spiro atoms. The van der Waals surface area contributed by atoms with E-state index in [-0.39, 0.29) is 5.91 Å². The topological polar surface area (TPSA) is 69.1 Å². The molecule has 0 fully saturated rings. The van der Waals surface area contributed by atoms with Crippen LogP contribution in [0, 0.1) is 5.92 Å².